The minimum atomic E-state index is -3.80. The largest absolute Gasteiger partial charge is 0.397 e. The molecule has 108 valence electrons. The number of alkyl halides is 2. The Labute approximate surface area is 109 Å². The molecule has 6 nitrogen and oxygen atoms in total. The van der Waals surface area contributed by atoms with Crippen LogP contribution in [0.2, 0.25) is 0 Å². The van der Waals surface area contributed by atoms with E-state index in [0.717, 1.165) is 0 Å². The second-order valence-corrected chi connectivity index (χ2v) is 5.25. The molecule has 0 amide bonds. The average Bonchev–Trinajstić information content (AvgIpc) is 2.28. The SMILES string of the molecule is Nc1cc(S(N)(=O)=O)ccc1NCCOCC(F)F. The molecule has 0 unspecified atom stereocenters. The number of primary sulfonamides is 1. The summed E-state index contributed by atoms with van der Waals surface area (Å²) in [4.78, 5) is -0.0931. The van der Waals surface area contributed by atoms with E-state index >= 15 is 0 Å². The molecule has 0 aromatic heterocycles. The zero-order chi connectivity index (χ0) is 14.5. The fourth-order valence-corrected chi connectivity index (χ4v) is 1.86. The fraction of sp³-hybridized carbons (Fsp3) is 0.400. The fourth-order valence-electron chi connectivity index (χ4n) is 1.31. The van der Waals surface area contributed by atoms with Crippen molar-refractivity contribution >= 4 is 21.4 Å². The molecule has 1 rings (SSSR count). The minimum Gasteiger partial charge on any atom is -0.397 e. The highest BCUT2D eigenvalue weighted by Gasteiger charge is 2.09. The third-order valence-corrected chi connectivity index (χ3v) is 3.07. The second kappa shape index (κ2) is 6.64. The van der Waals surface area contributed by atoms with Gasteiger partial charge in [0.05, 0.1) is 22.9 Å². The van der Waals surface area contributed by atoms with E-state index in [2.05, 4.69) is 10.1 Å². The first-order valence-electron chi connectivity index (χ1n) is 5.33. The Hall–Kier alpha value is -1.45. The normalized spacial score (nSPS) is 11.8. The van der Waals surface area contributed by atoms with Crippen LogP contribution in [-0.2, 0) is 14.8 Å². The topological polar surface area (TPSA) is 107 Å². The van der Waals surface area contributed by atoms with Crippen LogP contribution in [0.25, 0.3) is 0 Å². The van der Waals surface area contributed by atoms with Gasteiger partial charge in [0, 0.05) is 6.54 Å². The summed E-state index contributed by atoms with van der Waals surface area (Å²) >= 11 is 0. The number of sulfonamides is 1. The number of nitrogen functional groups attached to an aromatic ring is 1. The molecule has 0 radical (unpaired) electrons. The van der Waals surface area contributed by atoms with Gasteiger partial charge in [-0.15, -0.1) is 0 Å². The number of nitrogens with one attached hydrogen (secondary N) is 1. The molecule has 0 aliphatic carbocycles. The lowest BCUT2D eigenvalue weighted by Gasteiger charge is -2.10. The second-order valence-electron chi connectivity index (χ2n) is 3.69. The molecule has 0 heterocycles. The van der Waals surface area contributed by atoms with E-state index in [-0.39, 0.29) is 23.7 Å². The van der Waals surface area contributed by atoms with Crippen LogP contribution in [0.4, 0.5) is 20.2 Å². The Bertz CT molecular complexity index is 523. The van der Waals surface area contributed by atoms with Crippen LogP contribution in [0.1, 0.15) is 0 Å². The molecule has 0 saturated heterocycles. The zero-order valence-corrected chi connectivity index (χ0v) is 10.8. The number of hydrogen-bond acceptors (Lipinski definition) is 5. The van der Waals surface area contributed by atoms with Crippen molar-refractivity contribution in [1.29, 1.82) is 0 Å². The lowest BCUT2D eigenvalue weighted by molar-refractivity contribution is 0.0215. The number of benzene rings is 1. The maximum Gasteiger partial charge on any atom is 0.261 e. The van der Waals surface area contributed by atoms with E-state index < -0.39 is 23.1 Å². The van der Waals surface area contributed by atoms with E-state index in [1.165, 1.54) is 18.2 Å². The molecule has 1 aromatic carbocycles. The van der Waals surface area contributed by atoms with Gasteiger partial charge in [0.25, 0.3) is 6.43 Å². The van der Waals surface area contributed by atoms with Crippen molar-refractivity contribution in [2.45, 2.75) is 11.3 Å². The van der Waals surface area contributed by atoms with Gasteiger partial charge in [-0.1, -0.05) is 0 Å². The Morgan fingerprint density at radius 3 is 2.58 bits per heavy atom. The van der Waals surface area contributed by atoms with Gasteiger partial charge in [-0.3, -0.25) is 0 Å². The maximum absolute atomic E-state index is 11.8. The van der Waals surface area contributed by atoms with Crippen LogP contribution < -0.4 is 16.2 Å². The summed E-state index contributed by atoms with van der Waals surface area (Å²) in [5.41, 5.74) is 6.31. The molecule has 0 atom stereocenters. The number of ether oxygens (including phenoxy) is 1. The van der Waals surface area contributed by atoms with Crippen LogP contribution >= 0.6 is 0 Å². The van der Waals surface area contributed by atoms with Crippen molar-refractivity contribution in [3.8, 4) is 0 Å². The van der Waals surface area contributed by atoms with Gasteiger partial charge in [-0.05, 0) is 18.2 Å². The first-order valence-corrected chi connectivity index (χ1v) is 6.87. The monoisotopic (exact) mass is 295 g/mol. The smallest absolute Gasteiger partial charge is 0.261 e. The first kappa shape index (κ1) is 15.6. The summed E-state index contributed by atoms with van der Waals surface area (Å²) in [6, 6.07) is 3.97. The Kier molecular flexibility index (Phi) is 5.45. The third kappa shape index (κ3) is 5.37. The first-order chi connectivity index (χ1) is 8.80. The average molecular weight is 295 g/mol. The quantitative estimate of drug-likeness (QED) is 0.504. The molecule has 1 aromatic rings. The Balaban J connectivity index is 2.52. The van der Waals surface area contributed by atoms with E-state index in [1.807, 2.05) is 0 Å². The van der Waals surface area contributed by atoms with Crippen molar-refractivity contribution in [1.82, 2.24) is 0 Å². The molecule has 0 saturated carbocycles. The van der Waals surface area contributed by atoms with E-state index in [0.29, 0.717) is 5.69 Å². The van der Waals surface area contributed by atoms with E-state index in [9.17, 15) is 17.2 Å². The Morgan fingerprint density at radius 1 is 1.37 bits per heavy atom. The molecular weight excluding hydrogens is 280 g/mol. The highest BCUT2D eigenvalue weighted by atomic mass is 32.2. The van der Waals surface area contributed by atoms with Gasteiger partial charge in [-0.2, -0.15) is 0 Å². The van der Waals surface area contributed by atoms with Crippen LogP contribution in [0.3, 0.4) is 0 Å². The van der Waals surface area contributed by atoms with Gasteiger partial charge < -0.3 is 15.8 Å². The minimum absolute atomic E-state index is 0.0840. The van der Waals surface area contributed by atoms with Crippen LogP contribution in [-0.4, -0.2) is 34.6 Å². The highest BCUT2D eigenvalue weighted by molar-refractivity contribution is 7.89. The van der Waals surface area contributed by atoms with Gasteiger partial charge in [0.15, 0.2) is 0 Å². The maximum atomic E-state index is 11.8. The van der Waals surface area contributed by atoms with Gasteiger partial charge in [-0.25, -0.2) is 22.3 Å². The van der Waals surface area contributed by atoms with Gasteiger partial charge in [0.1, 0.15) is 6.61 Å². The summed E-state index contributed by atoms with van der Waals surface area (Å²) in [6.45, 7) is -0.270. The summed E-state index contributed by atoms with van der Waals surface area (Å²) in [6.07, 6.45) is -2.50. The van der Waals surface area contributed by atoms with E-state index in [4.69, 9.17) is 10.9 Å². The van der Waals surface area contributed by atoms with Crippen molar-refractivity contribution in [3.63, 3.8) is 0 Å². The van der Waals surface area contributed by atoms with Crippen molar-refractivity contribution < 1.29 is 21.9 Å². The standard InChI is InChI=1S/C10H15F2N3O3S/c11-10(12)6-18-4-3-15-9-2-1-7(5-8(9)13)19(14,16)17/h1-2,5,10,15H,3-4,6,13H2,(H2,14,16,17). The van der Waals surface area contributed by atoms with Gasteiger partial charge >= 0.3 is 0 Å². The Morgan fingerprint density at radius 2 is 2.05 bits per heavy atom. The molecule has 9 heteroatoms. The van der Waals surface area contributed by atoms with Crippen molar-refractivity contribution in [3.05, 3.63) is 18.2 Å². The van der Waals surface area contributed by atoms with Crippen molar-refractivity contribution in [2.75, 3.05) is 30.8 Å². The third-order valence-electron chi connectivity index (χ3n) is 2.16. The zero-order valence-electron chi connectivity index (χ0n) is 9.97. The summed E-state index contributed by atoms with van der Waals surface area (Å²) < 4.78 is 50.3. The molecule has 0 aliphatic rings. The number of rotatable bonds is 7. The summed E-state index contributed by atoms with van der Waals surface area (Å²) in [5, 5.41) is 7.78. The molecule has 5 N–H and O–H groups in total. The molecule has 0 fully saturated rings. The summed E-state index contributed by atoms with van der Waals surface area (Å²) in [7, 11) is -3.80. The molecule has 0 bridgehead atoms. The van der Waals surface area contributed by atoms with Crippen LogP contribution in [0, 0.1) is 0 Å². The predicted molar refractivity (Wildman–Crippen MR) is 67.5 cm³/mol. The van der Waals surface area contributed by atoms with Crippen LogP contribution in [0.15, 0.2) is 23.1 Å². The van der Waals surface area contributed by atoms with Gasteiger partial charge in [0.2, 0.25) is 10.0 Å². The van der Waals surface area contributed by atoms with Crippen molar-refractivity contribution in [2.24, 2.45) is 5.14 Å². The van der Waals surface area contributed by atoms with E-state index in [1.54, 1.807) is 0 Å². The molecule has 19 heavy (non-hydrogen) atoms. The number of nitrogens with two attached hydrogens (primary N) is 2. The molecule has 0 spiro atoms. The van der Waals surface area contributed by atoms with Crippen LogP contribution in [0.5, 0.6) is 0 Å². The number of anilines is 2. The lowest BCUT2D eigenvalue weighted by Crippen LogP contribution is -2.15. The number of halogens is 2. The number of hydrogen-bond donors (Lipinski definition) is 3. The highest BCUT2D eigenvalue weighted by Crippen LogP contribution is 2.21. The molecular formula is C10H15F2N3O3S. The summed E-state index contributed by atoms with van der Waals surface area (Å²) in [5.74, 6) is 0. The lowest BCUT2D eigenvalue weighted by atomic mass is 10.2. The molecule has 0 aliphatic heterocycles. The predicted octanol–water partition coefficient (Wildman–Crippen LogP) is 0.610.